The standard InChI is InChI=1S/C11H12BrNO2S/c12-10-3-1-9(16-10)2-4-11(15)13-6-5-8(14)7-13/h1-4,8,14H,5-7H2/t8-/m0/s1. The second-order valence-corrected chi connectivity index (χ2v) is 6.20. The Morgan fingerprint density at radius 2 is 2.44 bits per heavy atom. The summed E-state index contributed by atoms with van der Waals surface area (Å²) >= 11 is 4.95. The number of β-amino-alcohol motifs (C(OH)–C–C–N with tert-alkyl or cyclic N) is 1. The number of aliphatic hydroxyl groups excluding tert-OH is 1. The molecule has 0 bridgehead atoms. The molecule has 0 aliphatic carbocycles. The number of nitrogens with zero attached hydrogens (tertiary/aromatic N) is 1. The summed E-state index contributed by atoms with van der Waals surface area (Å²) in [5, 5.41) is 9.31. The third kappa shape index (κ3) is 2.93. The highest BCUT2D eigenvalue weighted by atomic mass is 79.9. The van der Waals surface area contributed by atoms with E-state index in [0.29, 0.717) is 19.5 Å². The van der Waals surface area contributed by atoms with Crippen molar-refractivity contribution in [2.24, 2.45) is 0 Å². The normalized spacial score (nSPS) is 20.9. The second-order valence-electron chi connectivity index (χ2n) is 3.70. The Balaban J connectivity index is 1.94. The molecule has 1 aromatic heterocycles. The molecule has 86 valence electrons. The molecular weight excluding hydrogens is 290 g/mol. The largest absolute Gasteiger partial charge is 0.391 e. The maximum atomic E-state index is 11.7. The van der Waals surface area contributed by atoms with Gasteiger partial charge in [0.1, 0.15) is 0 Å². The van der Waals surface area contributed by atoms with Gasteiger partial charge < -0.3 is 10.0 Å². The number of hydrogen-bond acceptors (Lipinski definition) is 3. The Morgan fingerprint density at radius 1 is 1.62 bits per heavy atom. The number of aliphatic hydroxyl groups is 1. The van der Waals surface area contributed by atoms with Crippen molar-refractivity contribution >= 4 is 39.2 Å². The Hall–Kier alpha value is -0.650. The summed E-state index contributed by atoms with van der Waals surface area (Å²) in [6.45, 7) is 1.11. The van der Waals surface area contributed by atoms with Gasteiger partial charge in [-0.1, -0.05) is 0 Å². The third-order valence-corrected chi connectivity index (χ3v) is 4.05. The molecule has 3 nitrogen and oxygen atoms in total. The molecule has 0 spiro atoms. The first-order valence-corrected chi connectivity index (χ1v) is 6.66. The summed E-state index contributed by atoms with van der Waals surface area (Å²) in [5.41, 5.74) is 0. The van der Waals surface area contributed by atoms with E-state index < -0.39 is 0 Å². The van der Waals surface area contributed by atoms with Gasteiger partial charge in [0.15, 0.2) is 0 Å². The number of halogens is 1. The van der Waals surface area contributed by atoms with Gasteiger partial charge in [-0.25, -0.2) is 0 Å². The van der Waals surface area contributed by atoms with Crippen molar-refractivity contribution < 1.29 is 9.90 Å². The zero-order valence-corrected chi connectivity index (χ0v) is 11.0. The SMILES string of the molecule is O=C(C=Cc1ccc(Br)s1)N1CC[C@H](O)C1. The highest BCUT2D eigenvalue weighted by molar-refractivity contribution is 9.11. The van der Waals surface area contributed by atoms with Gasteiger partial charge in [0, 0.05) is 24.0 Å². The van der Waals surface area contributed by atoms with Crippen molar-refractivity contribution in [2.45, 2.75) is 12.5 Å². The lowest BCUT2D eigenvalue weighted by molar-refractivity contribution is -0.125. The van der Waals surface area contributed by atoms with Crippen LogP contribution in [0.15, 0.2) is 22.0 Å². The molecule has 16 heavy (non-hydrogen) atoms. The highest BCUT2D eigenvalue weighted by Gasteiger charge is 2.22. The van der Waals surface area contributed by atoms with E-state index in [4.69, 9.17) is 0 Å². The summed E-state index contributed by atoms with van der Waals surface area (Å²) in [4.78, 5) is 14.4. The minimum absolute atomic E-state index is 0.0268. The summed E-state index contributed by atoms with van der Waals surface area (Å²) in [6.07, 6.45) is 3.70. The molecule has 0 radical (unpaired) electrons. The molecule has 1 aliphatic heterocycles. The second kappa shape index (κ2) is 5.12. The molecule has 1 aromatic rings. The lowest BCUT2D eigenvalue weighted by Gasteiger charge is -2.11. The molecule has 1 saturated heterocycles. The van der Waals surface area contributed by atoms with Crippen molar-refractivity contribution in [3.8, 4) is 0 Å². The molecular formula is C11H12BrNO2S. The predicted octanol–water partition coefficient (Wildman–Crippen LogP) is 2.12. The van der Waals surface area contributed by atoms with Crippen LogP contribution in [0.25, 0.3) is 6.08 Å². The van der Waals surface area contributed by atoms with Gasteiger partial charge in [-0.3, -0.25) is 4.79 Å². The van der Waals surface area contributed by atoms with Crippen molar-refractivity contribution in [1.82, 2.24) is 4.90 Å². The molecule has 5 heteroatoms. The molecule has 0 aromatic carbocycles. The van der Waals surface area contributed by atoms with Gasteiger partial charge in [-0.05, 0) is 40.6 Å². The van der Waals surface area contributed by atoms with E-state index in [2.05, 4.69) is 15.9 Å². The van der Waals surface area contributed by atoms with Crippen molar-refractivity contribution in [3.63, 3.8) is 0 Å². The fourth-order valence-corrected chi connectivity index (χ4v) is 2.94. The first-order valence-electron chi connectivity index (χ1n) is 5.05. The molecule has 1 amide bonds. The maximum absolute atomic E-state index is 11.7. The van der Waals surface area contributed by atoms with E-state index >= 15 is 0 Å². The molecule has 2 heterocycles. The molecule has 1 atom stereocenters. The van der Waals surface area contributed by atoms with E-state index in [9.17, 15) is 9.90 Å². The number of likely N-dealkylation sites (tertiary alicyclic amines) is 1. The maximum Gasteiger partial charge on any atom is 0.246 e. The number of carbonyl (C=O) groups excluding carboxylic acids is 1. The summed E-state index contributed by atoms with van der Waals surface area (Å²) < 4.78 is 1.05. The molecule has 2 rings (SSSR count). The van der Waals surface area contributed by atoms with Crippen LogP contribution in [0.4, 0.5) is 0 Å². The average molecular weight is 302 g/mol. The third-order valence-electron chi connectivity index (χ3n) is 2.46. The van der Waals surface area contributed by atoms with Gasteiger partial charge in [-0.15, -0.1) is 11.3 Å². The zero-order chi connectivity index (χ0) is 11.5. The van der Waals surface area contributed by atoms with Crippen LogP contribution in [0, 0.1) is 0 Å². The van der Waals surface area contributed by atoms with Crippen LogP contribution in [-0.4, -0.2) is 35.1 Å². The first kappa shape index (κ1) is 11.8. The topological polar surface area (TPSA) is 40.5 Å². The summed E-state index contributed by atoms with van der Waals surface area (Å²) in [6, 6.07) is 3.91. The monoisotopic (exact) mass is 301 g/mol. The van der Waals surface area contributed by atoms with Gasteiger partial charge in [0.2, 0.25) is 5.91 Å². The van der Waals surface area contributed by atoms with Gasteiger partial charge in [0.25, 0.3) is 0 Å². The molecule has 1 fully saturated rings. The van der Waals surface area contributed by atoms with Gasteiger partial charge in [0.05, 0.1) is 9.89 Å². The van der Waals surface area contributed by atoms with Crippen LogP contribution < -0.4 is 0 Å². The van der Waals surface area contributed by atoms with Gasteiger partial charge >= 0.3 is 0 Å². The van der Waals surface area contributed by atoms with Crippen LogP contribution in [0.1, 0.15) is 11.3 Å². The number of thiophene rings is 1. The number of amides is 1. The molecule has 1 aliphatic rings. The van der Waals surface area contributed by atoms with Crippen LogP contribution in [0.3, 0.4) is 0 Å². The minimum Gasteiger partial charge on any atom is -0.391 e. The van der Waals surface area contributed by atoms with Crippen LogP contribution in [0.5, 0.6) is 0 Å². The minimum atomic E-state index is -0.353. The number of hydrogen-bond donors (Lipinski definition) is 1. The summed E-state index contributed by atoms with van der Waals surface area (Å²) in [7, 11) is 0. The summed E-state index contributed by atoms with van der Waals surface area (Å²) in [5.74, 6) is -0.0268. The fraction of sp³-hybridized carbons (Fsp3) is 0.364. The zero-order valence-electron chi connectivity index (χ0n) is 8.60. The predicted molar refractivity (Wildman–Crippen MR) is 68.3 cm³/mol. The highest BCUT2D eigenvalue weighted by Crippen LogP contribution is 2.23. The lowest BCUT2D eigenvalue weighted by atomic mass is 10.3. The Labute approximate surface area is 107 Å². The smallest absolute Gasteiger partial charge is 0.246 e. The van der Waals surface area contributed by atoms with E-state index in [1.165, 1.54) is 0 Å². The van der Waals surface area contributed by atoms with E-state index in [-0.39, 0.29) is 12.0 Å². The quantitative estimate of drug-likeness (QED) is 0.850. The Kier molecular flexibility index (Phi) is 3.78. The Bertz CT molecular complexity index is 416. The molecule has 1 N–H and O–H groups in total. The van der Waals surface area contributed by atoms with Crippen LogP contribution in [0.2, 0.25) is 0 Å². The van der Waals surface area contributed by atoms with Gasteiger partial charge in [-0.2, -0.15) is 0 Å². The van der Waals surface area contributed by atoms with Crippen LogP contribution in [-0.2, 0) is 4.79 Å². The van der Waals surface area contributed by atoms with Crippen molar-refractivity contribution in [3.05, 3.63) is 26.9 Å². The lowest BCUT2D eigenvalue weighted by Crippen LogP contribution is -2.27. The van der Waals surface area contributed by atoms with Crippen molar-refractivity contribution in [2.75, 3.05) is 13.1 Å². The van der Waals surface area contributed by atoms with E-state index in [0.717, 1.165) is 8.66 Å². The van der Waals surface area contributed by atoms with Crippen LogP contribution >= 0.6 is 27.3 Å². The average Bonchev–Trinajstić information content (AvgIpc) is 2.84. The Morgan fingerprint density at radius 3 is 3.00 bits per heavy atom. The fourth-order valence-electron chi connectivity index (χ4n) is 1.62. The first-order chi connectivity index (χ1) is 7.65. The molecule has 0 saturated carbocycles. The molecule has 0 unspecified atom stereocenters. The number of rotatable bonds is 2. The van der Waals surface area contributed by atoms with E-state index in [1.54, 1.807) is 22.3 Å². The number of carbonyl (C=O) groups is 1. The van der Waals surface area contributed by atoms with Crippen molar-refractivity contribution in [1.29, 1.82) is 0 Å². The van der Waals surface area contributed by atoms with E-state index in [1.807, 2.05) is 18.2 Å².